The summed E-state index contributed by atoms with van der Waals surface area (Å²) in [5, 5.41) is 8.69. The summed E-state index contributed by atoms with van der Waals surface area (Å²) in [5.74, 6) is -0.745. The molecule has 0 aromatic carbocycles. The van der Waals surface area contributed by atoms with Crippen molar-refractivity contribution in [3.8, 4) is 0 Å². The molecule has 0 radical (unpaired) electrons. The first-order valence-corrected chi connectivity index (χ1v) is 4.09. The lowest BCUT2D eigenvalue weighted by molar-refractivity contribution is -0.143. The largest absolute Gasteiger partial charge is 0.481 e. The average molecular weight is 156 g/mol. The van der Waals surface area contributed by atoms with Gasteiger partial charge in [0, 0.05) is 0 Å². The van der Waals surface area contributed by atoms with Gasteiger partial charge in [-0.2, -0.15) is 0 Å². The molecule has 1 saturated heterocycles. The molecular weight excluding hydrogens is 144 g/mol. The molecule has 2 fully saturated rings. The van der Waals surface area contributed by atoms with Crippen molar-refractivity contribution in [1.82, 2.24) is 0 Å². The van der Waals surface area contributed by atoms with Gasteiger partial charge in [-0.15, -0.1) is 0 Å². The molecule has 0 aromatic heterocycles. The first-order valence-electron chi connectivity index (χ1n) is 4.09. The second-order valence-corrected chi connectivity index (χ2v) is 3.58. The van der Waals surface area contributed by atoms with E-state index in [2.05, 4.69) is 0 Å². The monoisotopic (exact) mass is 156 g/mol. The Labute approximate surface area is 65.4 Å². The lowest BCUT2D eigenvalue weighted by atomic mass is 9.82. The summed E-state index contributed by atoms with van der Waals surface area (Å²) in [6.07, 6.45) is 3.50. The Morgan fingerprint density at radius 1 is 1.45 bits per heavy atom. The van der Waals surface area contributed by atoms with E-state index in [1.165, 1.54) is 0 Å². The topological polar surface area (TPSA) is 49.8 Å². The van der Waals surface area contributed by atoms with Gasteiger partial charge >= 0.3 is 5.97 Å². The third kappa shape index (κ3) is 1.25. The van der Waals surface area contributed by atoms with Crippen molar-refractivity contribution in [3.05, 3.63) is 0 Å². The third-order valence-electron chi connectivity index (χ3n) is 2.80. The first-order chi connectivity index (χ1) is 5.22. The smallest absolute Gasteiger partial charge is 0.306 e. The van der Waals surface area contributed by atoms with Gasteiger partial charge in [-0.3, -0.25) is 4.79 Å². The van der Waals surface area contributed by atoms with Gasteiger partial charge in [0.15, 0.2) is 0 Å². The van der Waals surface area contributed by atoms with Crippen LogP contribution in [0.2, 0.25) is 0 Å². The quantitative estimate of drug-likeness (QED) is 0.577. The maximum atomic E-state index is 10.5. The minimum absolute atomic E-state index is 0.107. The van der Waals surface area contributed by atoms with E-state index in [9.17, 15) is 4.79 Å². The van der Waals surface area contributed by atoms with Gasteiger partial charge in [0.05, 0.1) is 18.1 Å². The number of aliphatic carboxylic acids is 1. The lowest BCUT2D eigenvalue weighted by Gasteiger charge is -2.22. The molecule has 11 heavy (non-hydrogen) atoms. The summed E-state index contributed by atoms with van der Waals surface area (Å²) in [4.78, 5) is 10.5. The highest BCUT2D eigenvalue weighted by atomic mass is 16.6. The predicted molar refractivity (Wildman–Crippen MR) is 38.3 cm³/mol. The van der Waals surface area contributed by atoms with Crippen molar-refractivity contribution >= 4 is 5.97 Å². The maximum absolute atomic E-state index is 10.5. The van der Waals surface area contributed by atoms with Crippen LogP contribution in [0, 0.1) is 5.92 Å². The van der Waals surface area contributed by atoms with Gasteiger partial charge in [0.25, 0.3) is 0 Å². The molecule has 62 valence electrons. The summed E-state index contributed by atoms with van der Waals surface area (Å²) >= 11 is 0. The van der Waals surface area contributed by atoms with Gasteiger partial charge < -0.3 is 9.84 Å². The van der Waals surface area contributed by atoms with E-state index in [0.29, 0.717) is 0 Å². The molecule has 3 heteroatoms. The summed E-state index contributed by atoms with van der Waals surface area (Å²) in [6, 6.07) is 0. The summed E-state index contributed by atoms with van der Waals surface area (Å²) in [7, 11) is 0. The zero-order valence-electron chi connectivity index (χ0n) is 6.38. The Hall–Kier alpha value is -0.570. The van der Waals surface area contributed by atoms with E-state index in [0.717, 1.165) is 32.3 Å². The number of carboxylic acids is 1. The van der Waals surface area contributed by atoms with Crippen molar-refractivity contribution < 1.29 is 14.6 Å². The fraction of sp³-hybridized carbons (Fsp3) is 0.875. The van der Waals surface area contributed by atoms with Crippen LogP contribution in [0.15, 0.2) is 0 Å². The number of carbonyl (C=O) groups is 1. The van der Waals surface area contributed by atoms with E-state index >= 15 is 0 Å². The normalized spacial score (nSPS) is 42.4. The molecular formula is C8H12O3. The molecule has 1 N–H and O–H groups in total. The Morgan fingerprint density at radius 3 is 2.36 bits per heavy atom. The van der Waals surface area contributed by atoms with E-state index in [-0.39, 0.29) is 11.5 Å². The van der Waals surface area contributed by atoms with Crippen LogP contribution < -0.4 is 0 Å². The number of carboxylic acid groups (broad SMARTS) is 1. The van der Waals surface area contributed by atoms with Gasteiger partial charge in [-0.05, 0) is 25.7 Å². The Bertz CT molecular complexity index is 174. The van der Waals surface area contributed by atoms with Crippen LogP contribution in [0.25, 0.3) is 0 Å². The molecule has 1 spiro atoms. The fourth-order valence-electron chi connectivity index (χ4n) is 1.78. The summed E-state index contributed by atoms with van der Waals surface area (Å²) in [5.41, 5.74) is 0.131. The molecule has 0 aromatic rings. The Balaban J connectivity index is 1.89. The Morgan fingerprint density at radius 2 is 2.00 bits per heavy atom. The zero-order valence-corrected chi connectivity index (χ0v) is 6.38. The number of hydrogen-bond donors (Lipinski definition) is 1. The van der Waals surface area contributed by atoms with Crippen molar-refractivity contribution in [3.63, 3.8) is 0 Å². The molecule has 1 aliphatic carbocycles. The highest BCUT2D eigenvalue weighted by Crippen LogP contribution is 2.43. The molecule has 0 amide bonds. The fourth-order valence-corrected chi connectivity index (χ4v) is 1.78. The van der Waals surface area contributed by atoms with Gasteiger partial charge in [0.1, 0.15) is 0 Å². The van der Waals surface area contributed by atoms with Crippen molar-refractivity contribution in [2.45, 2.75) is 31.3 Å². The van der Waals surface area contributed by atoms with Crippen LogP contribution in [-0.2, 0) is 9.53 Å². The molecule has 2 aliphatic rings. The van der Waals surface area contributed by atoms with Crippen molar-refractivity contribution in [1.29, 1.82) is 0 Å². The van der Waals surface area contributed by atoms with Crippen molar-refractivity contribution in [2.24, 2.45) is 5.92 Å². The molecule has 1 saturated carbocycles. The lowest BCUT2D eigenvalue weighted by Crippen LogP contribution is -2.26. The van der Waals surface area contributed by atoms with Crippen LogP contribution in [0.3, 0.4) is 0 Å². The van der Waals surface area contributed by atoms with Crippen LogP contribution in [-0.4, -0.2) is 23.3 Å². The third-order valence-corrected chi connectivity index (χ3v) is 2.80. The van der Waals surface area contributed by atoms with Crippen molar-refractivity contribution in [2.75, 3.05) is 6.61 Å². The van der Waals surface area contributed by atoms with E-state index in [1.807, 2.05) is 0 Å². The molecule has 0 bridgehead atoms. The number of epoxide rings is 1. The minimum Gasteiger partial charge on any atom is -0.481 e. The molecule has 1 heterocycles. The molecule has 1 aliphatic heterocycles. The van der Waals surface area contributed by atoms with Crippen LogP contribution in [0.4, 0.5) is 0 Å². The molecule has 0 atom stereocenters. The average Bonchev–Trinajstić information content (AvgIpc) is 2.70. The molecule has 3 nitrogen and oxygen atoms in total. The molecule has 0 unspecified atom stereocenters. The maximum Gasteiger partial charge on any atom is 0.306 e. The Kier molecular flexibility index (Phi) is 1.42. The van der Waals surface area contributed by atoms with E-state index < -0.39 is 5.97 Å². The van der Waals surface area contributed by atoms with Gasteiger partial charge in [-0.25, -0.2) is 0 Å². The van der Waals surface area contributed by atoms with Crippen LogP contribution >= 0.6 is 0 Å². The number of hydrogen-bond acceptors (Lipinski definition) is 2. The number of rotatable bonds is 1. The molecule has 2 rings (SSSR count). The highest BCUT2D eigenvalue weighted by molar-refractivity contribution is 5.70. The van der Waals surface area contributed by atoms with Crippen LogP contribution in [0.5, 0.6) is 0 Å². The SMILES string of the molecule is O=C(O)[C@H]1CC[C@@]2(CC1)CO2. The van der Waals surface area contributed by atoms with E-state index in [1.54, 1.807) is 0 Å². The predicted octanol–water partition coefficient (Wildman–Crippen LogP) is 1.03. The minimum atomic E-state index is -0.638. The van der Waals surface area contributed by atoms with Gasteiger partial charge in [-0.1, -0.05) is 0 Å². The second-order valence-electron chi connectivity index (χ2n) is 3.58. The van der Waals surface area contributed by atoms with E-state index in [4.69, 9.17) is 9.84 Å². The number of ether oxygens (including phenoxy) is 1. The zero-order chi connectivity index (χ0) is 7.90. The summed E-state index contributed by atoms with van der Waals surface area (Å²) < 4.78 is 5.27. The second kappa shape index (κ2) is 2.21. The van der Waals surface area contributed by atoms with Crippen LogP contribution in [0.1, 0.15) is 25.7 Å². The first kappa shape index (κ1) is 7.10. The summed E-state index contributed by atoms with van der Waals surface area (Å²) in [6.45, 7) is 0.860. The highest BCUT2D eigenvalue weighted by Gasteiger charge is 2.47. The standard InChI is InChI=1S/C8H12O3/c9-7(10)6-1-3-8(4-2-6)5-11-8/h6H,1-5H2,(H,9,10)/t6-,8+. The van der Waals surface area contributed by atoms with Gasteiger partial charge in [0.2, 0.25) is 0 Å².